The molecule has 1 aliphatic rings. The zero-order chi connectivity index (χ0) is 19.0. The molecule has 0 spiro atoms. The summed E-state index contributed by atoms with van der Waals surface area (Å²) >= 11 is 6.08. The molecule has 0 atom stereocenters. The molecule has 1 aromatic heterocycles. The molecule has 27 heavy (non-hydrogen) atoms. The minimum absolute atomic E-state index is 0.0563. The molecule has 7 heteroatoms. The number of anilines is 2. The normalized spacial score (nSPS) is 13.0. The van der Waals surface area contributed by atoms with Gasteiger partial charge in [-0.05, 0) is 35.4 Å². The fourth-order valence-electron chi connectivity index (χ4n) is 3.15. The Bertz CT molecular complexity index is 1030. The Morgan fingerprint density at radius 1 is 1.22 bits per heavy atom. The Labute approximate surface area is 161 Å². The Hall–Kier alpha value is -3.12. The second-order valence-electron chi connectivity index (χ2n) is 6.47. The van der Waals surface area contributed by atoms with Gasteiger partial charge in [-0.3, -0.25) is 9.59 Å². The summed E-state index contributed by atoms with van der Waals surface area (Å²) in [6.07, 6.45) is 3.49. The summed E-state index contributed by atoms with van der Waals surface area (Å²) in [6.45, 7) is 0.460. The van der Waals surface area contributed by atoms with Crippen molar-refractivity contribution in [1.82, 2.24) is 9.55 Å². The van der Waals surface area contributed by atoms with E-state index < -0.39 is 0 Å². The molecule has 0 radical (unpaired) electrons. The van der Waals surface area contributed by atoms with E-state index in [1.54, 1.807) is 28.9 Å². The first-order valence-electron chi connectivity index (χ1n) is 8.46. The van der Waals surface area contributed by atoms with Gasteiger partial charge in [0, 0.05) is 23.4 Å². The van der Waals surface area contributed by atoms with Crippen molar-refractivity contribution in [2.24, 2.45) is 7.05 Å². The van der Waals surface area contributed by atoms with E-state index in [1.807, 2.05) is 36.4 Å². The summed E-state index contributed by atoms with van der Waals surface area (Å²) in [4.78, 5) is 30.3. The topological polar surface area (TPSA) is 67.2 Å². The van der Waals surface area contributed by atoms with E-state index >= 15 is 0 Å². The molecule has 0 saturated heterocycles. The van der Waals surface area contributed by atoms with Gasteiger partial charge in [0.1, 0.15) is 5.69 Å². The monoisotopic (exact) mass is 380 g/mol. The molecular weight excluding hydrogens is 364 g/mol. The van der Waals surface area contributed by atoms with Crippen LogP contribution >= 0.6 is 11.6 Å². The number of amides is 2. The average molecular weight is 381 g/mol. The van der Waals surface area contributed by atoms with Crippen LogP contribution in [0.4, 0.5) is 11.4 Å². The van der Waals surface area contributed by atoms with Gasteiger partial charge in [-0.25, -0.2) is 4.98 Å². The highest BCUT2D eigenvalue weighted by Crippen LogP contribution is 2.32. The number of fused-ring (bicyclic) bond motifs is 1. The smallest absolute Gasteiger partial charge is 0.273 e. The second-order valence-corrected chi connectivity index (χ2v) is 6.91. The zero-order valence-electron chi connectivity index (χ0n) is 14.6. The van der Waals surface area contributed by atoms with Crippen LogP contribution in [0.25, 0.3) is 0 Å². The lowest BCUT2D eigenvalue weighted by molar-refractivity contribution is -0.117. The number of nitrogens with zero attached hydrogens (tertiary/aromatic N) is 3. The summed E-state index contributed by atoms with van der Waals surface area (Å²) < 4.78 is 1.66. The Morgan fingerprint density at radius 2 is 2.00 bits per heavy atom. The zero-order valence-corrected chi connectivity index (χ0v) is 15.4. The molecule has 2 amide bonds. The van der Waals surface area contributed by atoms with E-state index in [0.717, 1.165) is 16.8 Å². The molecule has 2 heterocycles. The number of hydrogen-bond acceptors (Lipinski definition) is 3. The van der Waals surface area contributed by atoms with Gasteiger partial charge >= 0.3 is 0 Å². The van der Waals surface area contributed by atoms with E-state index in [0.29, 0.717) is 29.4 Å². The number of nitrogens with one attached hydrogen (secondary N) is 1. The molecule has 1 N–H and O–H groups in total. The first-order chi connectivity index (χ1) is 13.0. The Balaban J connectivity index is 1.47. The van der Waals surface area contributed by atoms with Crippen molar-refractivity contribution in [2.75, 3.05) is 10.2 Å². The molecule has 4 rings (SSSR count). The van der Waals surface area contributed by atoms with E-state index in [4.69, 9.17) is 11.6 Å². The highest BCUT2D eigenvalue weighted by Gasteiger charge is 2.27. The number of aromatic nitrogens is 2. The lowest BCUT2D eigenvalue weighted by atomic mass is 10.1. The minimum atomic E-state index is -0.221. The molecule has 0 unspecified atom stereocenters. The van der Waals surface area contributed by atoms with E-state index in [2.05, 4.69) is 10.3 Å². The van der Waals surface area contributed by atoms with E-state index in [9.17, 15) is 9.59 Å². The third-order valence-corrected chi connectivity index (χ3v) is 4.82. The summed E-state index contributed by atoms with van der Waals surface area (Å²) in [6, 6.07) is 13.0. The molecule has 0 fully saturated rings. The maximum Gasteiger partial charge on any atom is 0.273 e. The van der Waals surface area contributed by atoms with Crippen LogP contribution in [-0.4, -0.2) is 21.4 Å². The largest absolute Gasteiger partial charge is 0.330 e. The average Bonchev–Trinajstić information content (AvgIpc) is 3.20. The Kier molecular flexibility index (Phi) is 4.41. The second kappa shape index (κ2) is 6.89. The van der Waals surface area contributed by atoms with Crippen molar-refractivity contribution in [3.63, 3.8) is 0 Å². The first-order valence-corrected chi connectivity index (χ1v) is 8.84. The lowest BCUT2D eigenvalue weighted by Gasteiger charge is -2.18. The number of aryl methyl sites for hydroxylation is 1. The fraction of sp³-hybridized carbons (Fsp3) is 0.150. The number of carbonyl (C=O) groups excluding carboxylic acids is 2. The van der Waals surface area contributed by atoms with Crippen LogP contribution in [0.2, 0.25) is 5.02 Å². The van der Waals surface area contributed by atoms with Crippen LogP contribution in [0.15, 0.2) is 55.0 Å². The SMILES string of the molecule is Cn1cncc1C(=O)Nc1ccc(CN2C(=O)Cc3ccc(Cl)cc32)cc1. The third kappa shape index (κ3) is 3.44. The maximum atomic E-state index is 12.3. The van der Waals surface area contributed by atoms with Crippen molar-refractivity contribution in [3.05, 3.63) is 76.8 Å². The van der Waals surface area contributed by atoms with Crippen molar-refractivity contribution >= 4 is 34.8 Å². The number of carbonyl (C=O) groups is 2. The molecule has 0 aliphatic carbocycles. The molecular formula is C20H17ClN4O2. The number of hydrogen-bond donors (Lipinski definition) is 1. The van der Waals surface area contributed by atoms with Crippen molar-refractivity contribution < 1.29 is 9.59 Å². The number of imidazole rings is 1. The van der Waals surface area contributed by atoms with Gasteiger partial charge in [0.15, 0.2) is 0 Å². The van der Waals surface area contributed by atoms with Crippen molar-refractivity contribution in [2.45, 2.75) is 13.0 Å². The summed E-state index contributed by atoms with van der Waals surface area (Å²) in [7, 11) is 1.77. The van der Waals surface area contributed by atoms with Gasteiger partial charge in [-0.15, -0.1) is 0 Å². The fourth-order valence-corrected chi connectivity index (χ4v) is 3.32. The lowest BCUT2D eigenvalue weighted by Crippen LogP contribution is -2.26. The number of benzene rings is 2. The van der Waals surface area contributed by atoms with E-state index in [1.165, 1.54) is 6.20 Å². The molecule has 6 nitrogen and oxygen atoms in total. The first kappa shape index (κ1) is 17.3. The predicted molar refractivity (Wildman–Crippen MR) is 104 cm³/mol. The summed E-state index contributed by atoms with van der Waals surface area (Å²) in [5.74, 6) is -0.165. The molecule has 0 saturated carbocycles. The quantitative estimate of drug-likeness (QED) is 0.754. The van der Waals surface area contributed by atoms with Gasteiger partial charge in [-0.1, -0.05) is 29.8 Å². The van der Waals surface area contributed by atoms with Crippen LogP contribution < -0.4 is 10.2 Å². The van der Waals surface area contributed by atoms with Gasteiger partial charge in [0.25, 0.3) is 5.91 Å². The molecule has 1 aliphatic heterocycles. The molecule has 2 aromatic carbocycles. The highest BCUT2D eigenvalue weighted by atomic mass is 35.5. The van der Waals surface area contributed by atoms with Crippen LogP contribution in [-0.2, 0) is 24.8 Å². The Morgan fingerprint density at radius 3 is 2.70 bits per heavy atom. The number of rotatable bonds is 4. The van der Waals surface area contributed by atoms with Gasteiger partial charge in [-0.2, -0.15) is 0 Å². The van der Waals surface area contributed by atoms with E-state index in [-0.39, 0.29) is 11.8 Å². The highest BCUT2D eigenvalue weighted by molar-refractivity contribution is 6.31. The standard InChI is InChI=1S/C20H17ClN4O2/c1-24-12-22-10-18(24)20(27)23-16-6-2-13(3-7-16)11-25-17-9-15(21)5-4-14(17)8-19(25)26/h2-7,9-10,12H,8,11H2,1H3,(H,23,27). The van der Waals surface area contributed by atoms with Crippen LogP contribution in [0, 0.1) is 0 Å². The predicted octanol–water partition coefficient (Wildman–Crippen LogP) is 3.42. The van der Waals surface area contributed by atoms with Crippen molar-refractivity contribution in [1.29, 1.82) is 0 Å². The number of halogens is 1. The van der Waals surface area contributed by atoms with Crippen LogP contribution in [0.5, 0.6) is 0 Å². The minimum Gasteiger partial charge on any atom is -0.330 e. The molecule has 136 valence electrons. The van der Waals surface area contributed by atoms with Crippen molar-refractivity contribution in [3.8, 4) is 0 Å². The molecule has 3 aromatic rings. The van der Waals surface area contributed by atoms with Crippen LogP contribution in [0.3, 0.4) is 0 Å². The summed E-state index contributed by atoms with van der Waals surface area (Å²) in [5.41, 5.74) is 3.98. The molecule has 0 bridgehead atoms. The van der Waals surface area contributed by atoms with Gasteiger partial charge < -0.3 is 14.8 Å². The third-order valence-electron chi connectivity index (χ3n) is 4.58. The maximum absolute atomic E-state index is 12.3. The van der Waals surface area contributed by atoms with Gasteiger partial charge in [0.05, 0.1) is 25.5 Å². The van der Waals surface area contributed by atoms with Gasteiger partial charge in [0.2, 0.25) is 5.91 Å². The van der Waals surface area contributed by atoms with Crippen LogP contribution in [0.1, 0.15) is 21.6 Å². The summed E-state index contributed by atoms with van der Waals surface area (Å²) in [5, 5.41) is 3.45.